The number of anilines is 1. The van der Waals surface area contributed by atoms with E-state index in [0.717, 1.165) is 32.6 Å². The van der Waals surface area contributed by atoms with Crippen molar-refractivity contribution in [2.24, 2.45) is 0 Å². The van der Waals surface area contributed by atoms with Crippen LogP contribution in [0.25, 0.3) is 0 Å². The zero-order valence-electron chi connectivity index (χ0n) is 11.0. The van der Waals surface area contributed by atoms with Gasteiger partial charge in [0.25, 0.3) is 0 Å². The Labute approximate surface area is 125 Å². The van der Waals surface area contributed by atoms with E-state index in [1.807, 2.05) is 19.2 Å². The van der Waals surface area contributed by atoms with E-state index in [2.05, 4.69) is 32.4 Å². The summed E-state index contributed by atoms with van der Waals surface area (Å²) in [6.45, 7) is 4.89. The van der Waals surface area contributed by atoms with Gasteiger partial charge in [-0.05, 0) is 20.1 Å². The molecule has 2 heterocycles. The molecule has 0 radical (unpaired) electrons. The molecular weight excluding hydrogens is 298 g/mol. The Bertz CT molecular complexity index is 543. The summed E-state index contributed by atoms with van der Waals surface area (Å²) in [6, 6.07) is 1.95. The van der Waals surface area contributed by atoms with Gasteiger partial charge < -0.3 is 5.32 Å². The minimum absolute atomic E-state index is 0.711. The molecule has 102 valence electrons. The Morgan fingerprint density at radius 1 is 1.26 bits per heavy atom. The van der Waals surface area contributed by atoms with E-state index >= 15 is 0 Å². The van der Waals surface area contributed by atoms with Gasteiger partial charge in [0.15, 0.2) is 8.68 Å². The minimum atomic E-state index is 0.711. The second-order valence-electron chi connectivity index (χ2n) is 3.67. The van der Waals surface area contributed by atoms with Crippen LogP contribution < -0.4 is 5.32 Å². The summed E-state index contributed by atoms with van der Waals surface area (Å²) in [5, 5.41) is 11.4. The van der Waals surface area contributed by atoms with Crippen molar-refractivity contribution in [2.75, 3.05) is 18.1 Å². The van der Waals surface area contributed by atoms with E-state index in [4.69, 9.17) is 0 Å². The largest absolute Gasteiger partial charge is 0.370 e. The smallest absolute Gasteiger partial charge is 0.175 e. The highest BCUT2D eigenvalue weighted by molar-refractivity contribution is 8.02. The fourth-order valence-electron chi connectivity index (χ4n) is 1.43. The molecule has 19 heavy (non-hydrogen) atoms. The third-order valence-corrected chi connectivity index (χ3v) is 5.17. The number of aromatic nitrogens is 4. The van der Waals surface area contributed by atoms with Gasteiger partial charge in [0, 0.05) is 18.3 Å². The first-order valence-corrected chi connectivity index (χ1v) is 8.82. The average molecular weight is 313 g/mol. The molecule has 1 N–H and O–H groups in total. The highest BCUT2D eigenvalue weighted by Crippen LogP contribution is 2.29. The highest BCUT2D eigenvalue weighted by Gasteiger charge is 2.07. The van der Waals surface area contributed by atoms with Crippen LogP contribution in [0.5, 0.6) is 0 Å². The fraction of sp³-hybridized carbons (Fsp3) is 0.455. The molecular formula is C11H15N5S3. The maximum absolute atomic E-state index is 4.47. The molecule has 0 aliphatic carbocycles. The number of hydrogen-bond acceptors (Lipinski definition) is 8. The van der Waals surface area contributed by atoms with Crippen molar-refractivity contribution in [3.8, 4) is 0 Å². The Hall–Kier alpha value is -0.860. The van der Waals surface area contributed by atoms with Gasteiger partial charge in [-0.25, -0.2) is 9.97 Å². The van der Waals surface area contributed by atoms with Gasteiger partial charge in [-0.3, -0.25) is 0 Å². The quantitative estimate of drug-likeness (QED) is 0.822. The van der Waals surface area contributed by atoms with Crippen molar-refractivity contribution in [1.29, 1.82) is 0 Å². The Kier molecular flexibility index (Phi) is 5.41. The third-order valence-electron chi connectivity index (χ3n) is 2.15. The lowest BCUT2D eigenvalue weighted by Gasteiger charge is -2.05. The van der Waals surface area contributed by atoms with Crippen LogP contribution in [-0.2, 0) is 5.75 Å². The molecule has 0 unspecified atom stereocenters. The maximum Gasteiger partial charge on any atom is 0.175 e. The summed E-state index contributed by atoms with van der Waals surface area (Å²) < 4.78 is 1.94. The van der Waals surface area contributed by atoms with E-state index in [-0.39, 0.29) is 0 Å². The molecule has 0 aromatic carbocycles. The lowest BCUT2D eigenvalue weighted by atomic mass is 10.4. The summed E-state index contributed by atoms with van der Waals surface area (Å²) in [5.41, 5.74) is 0.976. The average Bonchev–Trinajstić information content (AvgIpc) is 2.84. The Morgan fingerprint density at radius 2 is 2.05 bits per heavy atom. The minimum Gasteiger partial charge on any atom is -0.370 e. The van der Waals surface area contributed by atoms with Gasteiger partial charge in [-0.2, -0.15) is 0 Å². The second-order valence-corrected chi connectivity index (χ2v) is 6.92. The topological polar surface area (TPSA) is 63.6 Å². The van der Waals surface area contributed by atoms with Crippen molar-refractivity contribution in [1.82, 2.24) is 20.2 Å². The molecule has 0 fully saturated rings. The van der Waals surface area contributed by atoms with Gasteiger partial charge >= 0.3 is 0 Å². The van der Waals surface area contributed by atoms with Gasteiger partial charge in [-0.1, -0.05) is 34.9 Å². The van der Waals surface area contributed by atoms with Crippen LogP contribution in [0.15, 0.2) is 14.7 Å². The molecule has 8 heteroatoms. The molecule has 0 amide bonds. The molecule has 2 aromatic heterocycles. The van der Waals surface area contributed by atoms with Crippen molar-refractivity contribution in [3.63, 3.8) is 0 Å². The van der Waals surface area contributed by atoms with E-state index < -0.39 is 0 Å². The SMILES string of the molecule is CCNc1cc(C)nc(CSc2nnc(SC)s2)n1. The number of hydrogen-bond donors (Lipinski definition) is 1. The molecule has 0 atom stereocenters. The molecule has 0 bridgehead atoms. The van der Waals surface area contributed by atoms with Gasteiger partial charge in [0.2, 0.25) is 0 Å². The van der Waals surface area contributed by atoms with Gasteiger partial charge in [0.1, 0.15) is 11.6 Å². The number of nitrogens with one attached hydrogen (secondary N) is 1. The van der Waals surface area contributed by atoms with Gasteiger partial charge in [0.05, 0.1) is 5.75 Å². The molecule has 0 aliphatic heterocycles. The van der Waals surface area contributed by atoms with Crippen molar-refractivity contribution >= 4 is 40.7 Å². The number of nitrogens with zero attached hydrogens (tertiary/aromatic N) is 4. The summed E-state index contributed by atoms with van der Waals surface area (Å²) in [7, 11) is 0. The van der Waals surface area contributed by atoms with Crippen LogP contribution in [0.3, 0.4) is 0 Å². The summed E-state index contributed by atoms with van der Waals surface area (Å²) in [4.78, 5) is 8.91. The first-order chi connectivity index (χ1) is 9.21. The van der Waals surface area contributed by atoms with E-state index in [1.165, 1.54) is 0 Å². The molecule has 2 aromatic rings. The predicted molar refractivity (Wildman–Crippen MR) is 82.2 cm³/mol. The second kappa shape index (κ2) is 7.06. The zero-order chi connectivity index (χ0) is 13.7. The zero-order valence-corrected chi connectivity index (χ0v) is 13.5. The maximum atomic E-state index is 4.47. The third kappa shape index (κ3) is 4.32. The fourth-order valence-corrected chi connectivity index (χ4v) is 3.72. The summed E-state index contributed by atoms with van der Waals surface area (Å²) in [5.74, 6) is 2.41. The van der Waals surface area contributed by atoms with Crippen LogP contribution >= 0.6 is 34.9 Å². The summed E-state index contributed by atoms with van der Waals surface area (Å²) in [6.07, 6.45) is 2.00. The highest BCUT2D eigenvalue weighted by atomic mass is 32.2. The molecule has 2 rings (SSSR count). The van der Waals surface area contributed by atoms with Crippen LogP contribution in [0.4, 0.5) is 5.82 Å². The van der Waals surface area contributed by atoms with Crippen molar-refractivity contribution < 1.29 is 0 Å². The van der Waals surface area contributed by atoms with Crippen LogP contribution in [-0.4, -0.2) is 33.0 Å². The standard InChI is InChI=1S/C11H15N5S3/c1-4-12-8-5-7(2)13-9(14-8)6-18-11-16-15-10(17-3)19-11/h5H,4,6H2,1-3H3,(H,12,13,14). The Balaban J connectivity index is 2.02. The molecule has 0 saturated carbocycles. The normalized spacial score (nSPS) is 10.7. The summed E-state index contributed by atoms with van der Waals surface area (Å²) >= 11 is 4.84. The first kappa shape index (κ1) is 14.5. The lowest BCUT2D eigenvalue weighted by Crippen LogP contribution is -2.04. The molecule has 5 nitrogen and oxygen atoms in total. The molecule has 0 saturated heterocycles. The number of thioether (sulfide) groups is 2. The van der Waals surface area contributed by atoms with Gasteiger partial charge in [-0.15, -0.1) is 10.2 Å². The van der Waals surface area contributed by atoms with E-state index in [0.29, 0.717) is 5.75 Å². The van der Waals surface area contributed by atoms with E-state index in [1.54, 1.807) is 34.9 Å². The van der Waals surface area contributed by atoms with Crippen LogP contribution in [0.2, 0.25) is 0 Å². The first-order valence-electron chi connectivity index (χ1n) is 5.80. The monoisotopic (exact) mass is 313 g/mol. The number of rotatable bonds is 6. The Morgan fingerprint density at radius 3 is 2.74 bits per heavy atom. The van der Waals surface area contributed by atoms with Crippen LogP contribution in [0.1, 0.15) is 18.4 Å². The van der Waals surface area contributed by atoms with Crippen LogP contribution in [0, 0.1) is 6.92 Å². The molecule has 0 aliphatic rings. The number of aryl methyl sites for hydroxylation is 1. The van der Waals surface area contributed by atoms with Crippen molar-refractivity contribution in [3.05, 3.63) is 17.6 Å². The van der Waals surface area contributed by atoms with Crippen molar-refractivity contribution in [2.45, 2.75) is 28.3 Å². The van der Waals surface area contributed by atoms with E-state index in [9.17, 15) is 0 Å². The molecule has 0 spiro atoms. The predicted octanol–water partition coefficient (Wildman–Crippen LogP) is 3.08. The lowest BCUT2D eigenvalue weighted by molar-refractivity contribution is 0.950.